The van der Waals surface area contributed by atoms with Crippen molar-refractivity contribution in [1.82, 2.24) is 10.4 Å². The Bertz CT molecular complexity index is 695. The number of ether oxygens (including phenoxy) is 1. The van der Waals surface area contributed by atoms with Crippen LogP contribution in [0.25, 0.3) is 0 Å². The summed E-state index contributed by atoms with van der Waals surface area (Å²) in [5.41, 5.74) is 1.34. The average Bonchev–Trinajstić information content (AvgIpc) is 3.08. The van der Waals surface area contributed by atoms with Crippen molar-refractivity contribution < 1.29 is 27.9 Å². The summed E-state index contributed by atoms with van der Waals surface area (Å²) in [6.45, 7) is 2.30. The molecule has 0 saturated carbocycles. The lowest BCUT2D eigenvalue weighted by molar-refractivity contribution is -0.139. The molecule has 1 aromatic rings. The minimum absolute atomic E-state index is 0.154. The zero-order valence-electron chi connectivity index (χ0n) is 14.5. The van der Waals surface area contributed by atoms with Gasteiger partial charge < -0.3 is 9.64 Å². The summed E-state index contributed by atoms with van der Waals surface area (Å²) < 4.78 is 45.5. The predicted octanol–water partition coefficient (Wildman–Crippen LogP) is 3.31. The van der Waals surface area contributed by atoms with Gasteiger partial charge in [0.25, 0.3) is 5.91 Å². The first-order valence-electron chi connectivity index (χ1n) is 8.27. The van der Waals surface area contributed by atoms with Crippen molar-refractivity contribution in [2.24, 2.45) is 0 Å². The van der Waals surface area contributed by atoms with Crippen molar-refractivity contribution >= 4 is 23.1 Å². The van der Waals surface area contributed by atoms with Gasteiger partial charge in [-0.05, 0) is 37.0 Å². The van der Waals surface area contributed by atoms with Crippen LogP contribution >= 0.6 is 12.2 Å². The molecule has 1 aliphatic rings. The van der Waals surface area contributed by atoms with Crippen LogP contribution in [0.15, 0.2) is 12.1 Å². The van der Waals surface area contributed by atoms with Crippen molar-refractivity contribution in [3.63, 3.8) is 0 Å². The molecule has 0 aliphatic carbocycles. The fraction of sp³-hybridized carbons (Fsp3) is 0.529. The van der Waals surface area contributed by atoms with Gasteiger partial charge in [0, 0.05) is 12.1 Å². The summed E-state index contributed by atoms with van der Waals surface area (Å²) in [6, 6.07) is 1.86. The third-order valence-corrected chi connectivity index (χ3v) is 4.84. The highest BCUT2D eigenvalue weighted by molar-refractivity contribution is 7.80. The molecule has 1 atom stereocenters. The zero-order valence-corrected chi connectivity index (χ0v) is 15.3. The molecule has 26 heavy (non-hydrogen) atoms. The molecular weight excluding hydrogens is 369 g/mol. The number of benzene rings is 1. The minimum Gasteiger partial charge on any atom is -0.496 e. The van der Waals surface area contributed by atoms with Crippen LogP contribution in [0, 0.1) is 0 Å². The fourth-order valence-electron chi connectivity index (χ4n) is 3.24. The SMILES string of the molecule is CCCc1cc(C(=S)N2CCC[C@@H]2C(=O)NO)cc(C(F)(F)F)c1OC. The Balaban J connectivity index is 2.49. The van der Waals surface area contributed by atoms with Crippen molar-refractivity contribution in [2.75, 3.05) is 13.7 Å². The van der Waals surface area contributed by atoms with Crippen LogP contribution in [0.2, 0.25) is 0 Å². The van der Waals surface area contributed by atoms with Crippen LogP contribution in [-0.2, 0) is 17.4 Å². The third-order valence-electron chi connectivity index (χ3n) is 4.37. The van der Waals surface area contributed by atoms with Crippen LogP contribution in [0.1, 0.15) is 42.9 Å². The van der Waals surface area contributed by atoms with Crippen molar-refractivity contribution in [1.29, 1.82) is 0 Å². The number of methoxy groups -OCH3 is 1. The lowest BCUT2D eigenvalue weighted by Crippen LogP contribution is -2.44. The molecule has 1 aromatic carbocycles. The molecule has 1 saturated heterocycles. The van der Waals surface area contributed by atoms with Gasteiger partial charge >= 0.3 is 6.18 Å². The maximum absolute atomic E-state index is 13.5. The number of nitrogens with zero attached hydrogens (tertiary/aromatic N) is 1. The number of halogens is 3. The van der Waals surface area contributed by atoms with E-state index in [-0.39, 0.29) is 16.3 Å². The highest BCUT2D eigenvalue weighted by atomic mass is 32.1. The Labute approximate surface area is 155 Å². The maximum atomic E-state index is 13.5. The third kappa shape index (κ3) is 4.09. The number of alkyl halides is 3. The Morgan fingerprint density at radius 2 is 2.15 bits per heavy atom. The largest absolute Gasteiger partial charge is 0.496 e. The van der Waals surface area contributed by atoms with Gasteiger partial charge in [-0.15, -0.1) is 0 Å². The number of carbonyl (C=O) groups excluding carboxylic acids is 1. The normalized spacial score (nSPS) is 17.3. The number of hydrogen-bond acceptors (Lipinski definition) is 4. The first-order chi connectivity index (χ1) is 12.2. The average molecular weight is 390 g/mol. The van der Waals surface area contributed by atoms with E-state index in [0.717, 1.165) is 6.07 Å². The zero-order chi connectivity index (χ0) is 19.5. The molecular formula is C17H21F3N2O3S. The first kappa shape index (κ1) is 20.4. The predicted molar refractivity (Wildman–Crippen MR) is 93.3 cm³/mol. The lowest BCUT2D eigenvalue weighted by Gasteiger charge is -2.27. The number of thiocarbonyl (C=S) groups is 1. The Hall–Kier alpha value is -1.87. The summed E-state index contributed by atoms with van der Waals surface area (Å²) in [5.74, 6) is -0.819. The van der Waals surface area contributed by atoms with E-state index in [4.69, 9.17) is 22.2 Å². The van der Waals surface area contributed by atoms with E-state index in [1.54, 1.807) is 16.4 Å². The van der Waals surface area contributed by atoms with Gasteiger partial charge in [0.05, 0.1) is 12.7 Å². The summed E-state index contributed by atoms with van der Waals surface area (Å²) in [5, 5.41) is 8.86. The molecule has 144 valence electrons. The first-order valence-corrected chi connectivity index (χ1v) is 8.68. The summed E-state index contributed by atoms with van der Waals surface area (Å²) in [4.78, 5) is 13.5. The number of rotatable bonds is 5. The molecule has 2 rings (SSSR count). The van der Waals surface area contributed by atoms with Crippen LogP contribution in [0.4, 0.5) is 13.2 Å². The van der Waals surface area contributed by atoms with Gasteiger partial charge in [-0.1, -0.05) is 25.6 Å². The van der Waals surface area contributed by atoms with Crippen molar-refractivity contribution in [3.05, 3.63) is 28.8 Å². The smallest absolute Gasteiger partial charge is 0.419 e. The number of aryl methyl sites for hydroxylation is 1. The molecule has 0 unspecified atom stereocenters. The van der Waals surface area contributed by atoms with E-state index in [1.807, 2.05) is 6.92 Å². The summed E-state index contributed by atoms with van der Waals surface area (Å²) in [7, 11) is 1.21. The monoisotopic (exact) mass is 390 g/mol. The highest BCUT2D eigenvalue weighted by Gasteiger charge is 2.38. The molecule has 5 nitrogen and oxygen atoms in total. The second-order valence-corrected chi connectivity index (χ2v) is 6.48. The van der Waals surface area contributed by atoms with E-state index in [2.05, 4.69) is 0 Å². The van der Waals surface area contributed by atoms with Gasteiger partial charge in [0.2, 0.25) is 0 Å². The van der Waals surface area contributed by atoms with Crippen molar-refractivity contribution in [3.8, 4) is 5.75 Å². The molecule has 0 radical (unpaired) electrons. The standard InChI is InChI=1S/C17H21F3N2O3S/c1-3-5-10-8-11(9-12(14(10)25-2)17(18,19)20)16(26)22-7-4-6-13(22)15(23)21-24/h8-9,13,24H,3-7H2,1-2H3,(H,21,23)/t13-/m1/s1. The molecule has 0 aromatic heterocycles. The highest BCUT2D eigenvalue weighted by Crippen LogP contribution is 2.40. The van der Waals surface area contributed by atoms with Gasteiger partial charge in [0.15, 0.2) is 0 Å². The Morgan fingerprint density at radius 3 is 2.69 bits per heavy atom. The summed E-state index contributed by atoms with van der Waals surface area (Å²) in [6.07, 6.45) is -2.42. The molecule has 9 heteroatoms. The second kappa shape index (κ2) is 8.22. The van der Waals surface area contributed by atoms with Crippen LogP contribution < -0.4 is 10.2 Å². The van der Waals surface area contributed by atoms with Gasteiger partial charge in [-0.3, -0.25) is 10.0 Å². The fourth-order valence-corrected chi connectivity index (χ4v) is 3.58. The van der Waals surface area contributed by atoms with Crippen LogP contribution in [-0.4, -0.2) is 40.7 Å². The van der Waals surface area contributed by atoms with E-state index < -0.39 is 23.7 Å². The molecule has 1 fully saturated rings. The number of nitrogens with one attached hydrogen (secondary N) is 1. The molecule has 0 bridgehead atoms. The molecule has 2 N–H and O–H groups in total. The molecule has 1 aliphatic heterocycles. The lowest BCUT2D eigenvalue weighted by atomic mass is 9.99. The van der Waals surface area contributed by atoms with Gasteiger partial charge in [0.1, 0.15) is 16.8 Å². The second-order valence-electron chi connectivity index (χ2n) is 6.10. The minimum atomic E-state index is -4.59. The number of likely N-dealkylation sites (tertiary alicyclic amines) is 1. The van der Waals surface area contributed by atoms with E-state index >= 15 is 0 Å². The maximum Gasteiger partial charge on any atom is 0.419 e. The number of amides is 1. The van der Waals surface area contributed by atoms with E-state index in [9.17, 15) is 18.0 Å². The van der Waals surface area contributed by atoms with Crippen molar-refractivity contribution in [2.45, 2.75) is 44.8 Å². The molecule has 1 heterocycles. The molecule has 0 spiro atoms. The summed E-state index contributed by atoms with van der Waals surface area (Å²) >= 11 is 5.39. The molecule has 1 amide bonds. The number of carbonyl (C=O) groups is 1. The van der Waals surface area contributed by atoms with E-state index in [0.29, 0.717) is 37.8 Å². The van der Waals surface area contributed by atoms with Crippen LogP contribution in [0.5, 0.6) is 5.75 Å². The van der Waals surface area contributed by atoms with Gasteiger partial charge in [-0.25, -0.2) is 5.48 Å². The Kier molecular flexibility index (Phi) is 6.46. The quantitative estimate of drug-likeness (QED) is 0.459. The van der Waals surface area contributed by atoms with E-state index in [1.165, 1.54) is 7.11 Å². The Morgan fingerprint density at radius 1 is 1.46 bits per heavy atom. The number of hydroxylamine groups is 1. The number of hydrogen-bond donors (Lipinski definition) is 2. The topological polar surface area (TPSA) is 61.8 Å². The van der Waals surface area contributed by atoms with Crippen LogP contribution in [0.3, 0.4) is 0 Å². The van der Waals surface area contributed by atoms with Gasteiger partial charge in [-0.2, -0.15) is 13.2 Å².